The van der Waals surface area contributed by atoms with Crippen LogP contribution < -0.4 is 16.0 Å². The highest BCUT2D eigenvalue weighted by atomic mass is 19.4. The lowest BCUT2D eigenvalue weighted by Gasteiger charge is -2.36. The third kappa shape index (κ3) is 5.44. The zero-order valence-corrected chi connectivity index (χ0v) is 17.7. The number of ether oxygens (including phenoxy) is 1. The molecule has 10 heteroatoms. The minimum absolute atomic E-state index is 0.0688. The number of nitrogens with two attached hydrogens (primary N) is 1. The molecule has 0 aliphatic carbocycles. The van der Waals surface area contributed by atoms with Crippen molar-refractivity contribution in [2.75, 3.05) is 25.1 Å². The second kappa shape index (κ2) is 10.3. The average molecular weight is 439 g/mol. The lowest BCUT2D eigenvalue weighted by atomic mass is 10.0. The summed E-state index contributed by atoms with van der Waals surface area (Å²) in [5.74, 6) is 0.0688. The second-order valence-corrected chi connectivity index (χ2v) is 7.57. The van der Waals surface area contributed by atoms with Crippen molar-refractivity contribution >= 4 is 11.4 Å². The van der Waals surface area contributed by atoms with Gasteiger partial charge in [0.15, 0.2) is 5.69 Å². The molecule has 2 atom stereocenters. The molecule has 0 spiro atoms. The standard InChI is InChI=1S/C21H28F3N5O2/c1-14-6-3-9-18(19-17(27-31-28-19)13-26-11-5-10-25)29(20(14)30-2)16-8-4-7-15(12-16)21(22,23)24/h4,7-9,12,14,20,26H,3,5-6,10-11,13,25H2,1-2H3/t14-,20?/m0/s1. The summed E-state index contributed by atoms with van der Waals surface area (Å²) in [7, 11) is 1.56. The largest absolute Gasteiger partial charge is 0.416 e. The van der Waals surface area contributed by atoms with Crippen molar-refractivity contribution in [3.63, 3.8) is 0 Å². The van der Waals surface area contributed by atoms with Crippen LogP contribution in [-0.2, 0) is 17.5 Å². The highest BCUT2D eigenvalue weighted by Gasteiger charge is 2.35. The summed E-state index contributed by atoms with van der Waals surface area (Å²) in [6.07, 6.45) is -0.632. The number of hydrogen-bond donors (Lipinski definition) is 2. The van der Waals surface area contributed by atoms with Crippen molar-refractivity contribution in [2.45, 2.75) is 45.1 Å². The monoisotopic (exact) mass is 439 g/mol. The van der Waals surface area contributed by atoms with Crippen LogP contribution >= 0.6 is 0 Å². The molecule has 170 valence electrons. The van der Waals surface area contributed by atoms with E-state index in [-0.39, 0.29) is 5.92 Å². The molecule has 0 bridgehead atoms. The molecule has 3 rings (SSSR count). The molecule has 3 N–H and O–H groups in total. The van der Waals surface area contributed by atoms with Crippen molar-refractivity contribution in [1.29, 1.82) is 0 Å². The van der Waals surface area contributed by atoms with Gasteiger partial charge < -0.3 is 20.7 Å². The Bertz CT molecular complexity index is 884. The molecular weight excluding hydrogens is 411 g/mol. The van der Waals surface area contributed by atoms with Gasteiger partial charge in [-0.25, -0.2) is 4.63 Å². The highest BCUT2D eigenvalue weighted by Crippen LogP contribution is 2.38. The van der Waals surface area contributed by atoms with Crippen molar-refractivity contribution in [2.24, 2.45) is 11.7 Å². The van der Waals surface area contributed by atoms with E-state index in [0.29, 0.717) is 42.4 Å². The fourth-order valence-electron chi connectivity index (χ4n) is 3.73. The van der Waals surface area contributed by atoms with Gasteiger partial charge in [-0.3, -0.25) is 0 Å². The van der Waals surface area contributed by atoms with E-state index in [1.54, 1.807) is 18.1 Å². The number of benzene rings is 1. The summed E-state index contributed by atoms with van der Waals surface area (Å²) in [6, 6.07) is 5.22. The molecule has 31 heavy (non-hydrogen) atoms. The molecule has 0 saturated heterocycles. The molecule has 2 aromatic rings. The second-order valence-electron chi connectivity index (χ2n) is 7.57. The first-order chi connectivity index (χ1) is 14.9. The van der Waals surface area contributed by atoms with Crippen LogP contribution in [0.1, 0.15) is 43.1 Å². The predicted octanol–water partition coefficient (Wildman–Crippen LogP) is 3.78. The van der Waals surface area contributed by atoms with Crippen LogP contribution in [0, 0.1) is 5.92 Å². The molecule has 1 unspecified atom stereocenters. The van der Waals surface area contributed by atoms with Gasteiger partial charge in [-0.15, -0.1) is 0 Å². The van der Waals surface area contributed by atoms with Gasteiger partial charge in [0, 0.05) is 25.3 Å². The number of allylic oxidation sites excluding steroid dienone is 1. The number of nitrogens with zero attached hydrogens (tertiary/aromatic N) is 3. The Balaban J connectivity index is 2.02. The molecule has 0 fully saturated rings. The molecule has 1 aliphatic heterocycles. The topological polar surface area (TPSA) is 89.4 Å². The van der Waals surface area contributed by atoms with Crippen LogP contribution in [0.5, 0.6) is 0 Å². The minimum atomic E-state index is -4.45. The van der Waals surface area contributed by atoms with Gasteiger partial charge in [-0.2, -0.15) is 13.2 Å². The van der Waals surface area contributed by atoms with Crippen molar-refractivity contribution in [3.8, 4) is 0 Å². The quantitative estimate of drug-likeness (QED) is 0.605. The Morgan fingerprint density at radius 3 is 2.84 bits per heavy atom. The summed E-state index contributed by atoms with van der Waals surface area (Å²) in [4.78, 5) is 1.76. The third-order valence-corrected chi connectivity index (χ3v) is 5.30. The molecule has 2 heterocycles. The molecule has 0 saturated carbocycles. The SMILES string of the molecule is COC1[C@@H](C)CCC=C(c2nonc2CNCCCN)N1c1cccc(C(F)(F)F)c1. The van der Waals surface area contributed by atoms with E-state index in [1.165, 1.54) is 6.07 Å². The first-order valence-electron chi connectivity index (χ1n) is 10.3. The zero-order chi connectivity index (χ0) is 22.4. The van der Waals surface area contributed by atoms with Gasteiger partial charge in [0.25, 0.3) is 0 Å². The van der Waals surface area contributed by atoms with Crippen LogP contribution in [0.4, 0.5) is 18.9 Å². The Morgan fingerprint density at radius 2 is 2.13 bits per heavy atom. The maximum atomic E-state index is 13.4. The minimum Gasteiger partial charge on any atom is -0.361 e. The summed E-state index contributed by atoms with van der Waals surface area (Å²) in [5, 5.41) is 11.3. The van der Waals surface area contributed by atoms with Crippen molar-refractivity contribution in [3.05, 3.63) is 47.3 Å². The van der Waals surface area contributed by atoms with Gasteiger partial charge in [0.05, 0.1) is 11.3 Å². The van der Waals surface area contributed by atoms with Crippen LogP contribution in [0.2, 0.25) is 0 Å². The molecule has 0 amide bonds. The number of alkyl halides is 3. The summed E-state index contributed by atoms with van der Waals surface area (Å²) in [6.45, 7) is 3.69. The maximum Gasteiger partial charge on any atom is 0.416 e. The number of hydrogen-bond acceptors (Lipinski definition) is 7. The van der Waals surface area contributed by atoms with Crippen LogP contribution in [0.3, 0.4) is 0 Å². The average Bonchev–Trinajstić information content (AvgIpc) is 3.13. The van der Waals surface area contributed by atoms with Crippen LogP contribution in [0.25, 0.3) is 5.70 Å². The van der Waals surface area contributed by atoms with Crippen molar-refractivity contribution < 1.29 is 22.5 Å². The van der Waals surface area contributed by atoms with E-state index in [4.69, 9.17) is 15.1 Å². The Morgan fingerprint density at radius 1 is 1.32 bits per heavy atom. The predicted molar refractivity (Wildman–Crippen MR) is 111 cm³/mol. The normalized spacial score (nSPS) is 19.9. The fraction of sp³-hybridized carbons (Fsp3) is 0.524. The van der Waals surface area contributed by atoms with Gasteiger partial charge in [-0.1, -0.05) is 24.2 Å². The zero-order valence-electron chi connectivity index (χ0n) is 17.7. The van der Waals surface area contributed by atoms with E-state index in [1.807, 2.05) is 13.0 Å². The van der Waals surface area contributed by atoms with Crippen molar-refractivity contribution in [1.82, 2.24) is 15.6 Å². The molecule has 1 aliphatic rings. The Labute approximate surface area is 179 Å². The Hall–Kier alpha value is -2.43. The number of nitrogens with one attached hydrogen (secondary N) is 1. The first-order valence-corrected chi connectivity index (χ1v) is 10.3. The first kappa shape index (κ1) is 23.2. The van der Waals surface area contributed by atoms with E-state index < -0.39 is 18.0 Å². The summed E-state index contributed by atoms with van der Waals surface area (Å²) < 4.78 is 50.9. The third-order valence-electron chi connectivity index (χ3n) is 5.30. The highest BCUT2D eigenvalue weighted by molar-refractivity contribution is 5.79. The van der Waals surface area contributed by atoms with E-state index >= 15 is 0 Å². The van der Waals surface area contributed by atoms with E-state index in [2.05, 4.69) is 15.6 Å². The molecule has 7 nitrogen and oxygen atoms in total. The summed E-state index contributed by atoms with van der Waals surface area (Å²) >= 11 is 0. The molecular formula is C21H28F3N5O2. The number of rotatable bonds is 8. The molecule has 1 aromatic heterocycles. The summed E-state index contributed by atoms with van der Waals surface area (Å²) in [5.41, 5.74) is 6.84. The lowest BCUT2D eigenvalue weighted by molar-refractivity contribution is -0.137. The van der Waals surface area contributed by atoms with E-state index in [9.17, 15) is 13.2 Å². The van der Waals surface area contributed by atoms with Gasteiger partial charge in [-0.05, 0) is 55.7 Å². The smallest absolute Gasteiger partial charge is 0.361 e. The Kier molecular flexibility index (Phi) is 7.69. The molecule has 0 radical (unpaired) electrons. The number of methoxy groups -OCH3 is 1. The van der Waals surface area contributed by atoms with E-state index in [0.717, 1.165) is 31.4 Å². The molecule has 1 aromatic carbocycles. The number of anilines is 1. The van der Waals surface area contributed by atoms with Gasteiger partial charge >= 0.3 is 6.18 Å². The fourth-order valence-corrected chi connectivity index (χ4v) is 3.73. The lowest BCUT2D eigenvalue weighted by Crippen LogP contribution is -2.39. The van der Waals surface area contributed by atoms with Crippen LogP contribution in [-0.4, -0.2) is 36.7 Å². The van der Waals surface area contributed by atoms with Crippen LogP contribution in [0.15, 0.2) is 35.0 Å². The number of aromatic nitrogens is 2. The maximum absolute atomic E-state index is 13.4. The van der Waals surface area contributed by atoms with Gasteiger partial charge in [0.1, 0.15) is 11.9 Å². The van der Waals surface area contributed by atoms with Gasteiger partial charge in [0.2, 0.25) is 0 Å². The number of halogens is 3.